The predicted molar refractivity (Wildman–Crippen MR) is 119 cm³/mol. The lowest BCUT2D eigenvalue weighted by atomic mass is 10.2. The van der Waals surface area contributed by atoms with Crippen molar-refractivity contribution < 1.29 is 22.7 Å². The molecule has 1 fully saturated rings. The van der Waals surface area contributed by atoms with E-state index >= 15 is 0 Å². The minimum atomic E-state index is -4.78. The number of aryl methyl sites for hydroxylation is 1. The molecule has 1 amide bonds. The third-order valence-electron chi connectivity index (χ3n) is 5.02. The summed E-state index contributed by atoms with van der Waals surface area (Å²) in [6.07, 6.45) is -2.46. The first kappa shape index (κ1) is 22.4. The summed E-state index contributed by atoms with van der Waals surface area (Å²) >= 11 is 0. The molecule has 2 N–H and O–H groups in total. The molecule has 0 radical (unpaired) electrons. The summed E-state index contributed by atoms with van der Waals surface area (Å²) < 4.78 is 40.6. The monoisotopic (exact) mass is 457 g/mol. The summed E-state index contributed by atoms with van der Waals surface area (Å²) in [5, 5.41) is 5.96. The number of anilines is 4. The first-order chi connectivity index (χ1) is 15.7. The number of carbonyl (C=O) groups is 1. The lowest BCUT2D eigenvalue weighted by Crippen LogP contribution is -2.19. The van der Waals surface area contributed by atoms with Crippen LogP contribution in [0.25, 0.3) is 0 Å². The van der Waals surface area contributed by atoms with Crippen molar-refractivity contribution in [2.24, 2.45) is 0 Å². The number of hydrogen-bond donors (Lipinski definition) is 2. The molecule has 0 bridgehead atoms. The van der Waals surface area contributed by atoms with Gasteiger partial charge in [0.15, 0.2) is 0 Å². The van der Waals surface area contributed by atoms with Crippen LogP contribution in [0.5, 0.6) is 5.75 Å². The predicted octanol–water partition coefficient (Wildman–Crippen LogP) is 5.28. The van der Waals surface area contributed by atoms with Gasteiger partial charge in [-0.05, 0) is 68.3 Å². The highest BCUT2D eigenvalue weighted by molar-refractivity contribution is 6.04. The van der Waals surface area contributed by atoms with Gasteiger partial charge in [-0.25, -0.2) is 9.97 Å². The van der Waals surface area contributed by atoms with Gasteiger partial charge >= 0.3 is 6.36 Å². The molecule has 7 nitrogen and oxygen atoms in total. The Morgan fingerprint density at radius 3 is 2.24 bits per heavy atom. The molecule has 0 spiro atoms. The molecule has 33 heavy (non-hydrogen) atoms. The summed E-state index contributed by atoms with van der Waals surface area (Å²) in [5.41, 5.74) is 1.53. The lowest BCUT2D eigenvalue weighted by Gasteiger charge is -2.18. The van der Waals surface area contributed by atoms with Gasteiger partial charge in [0.05, 0.1) is 0 Å². The van der Waals surface area contributed by atoms with Crippen molar-refractivity contribution in [3.05, 3.63) is 66.0 Å². The fourth-order valence-corrected chi connectivity index (χ4v) is 3.52. The largest absolute Gasteiger partial charge is 0.573 e. The van der Waals surface area contributed by atoms with E-state index in [4.69, 9.17) is 0 Å². The van der Waals surface area contributed by atoms with Crippen molar-refractivity contribution in [1.82, 2.24) is 9.97 Å². The number of carbonyl (C=O) groups excluding carboxylic acids is 1. The molecule has 1 saturated heterocycles. The van der Waals surface area contributed by atoms with Crippen molar-refractivity contribution >= 4 is 28.9 Å². The van der Waals surface area contributed by atoms with Crippen LogP contribution in [-0.2, 0) is 0 Å². The Morgan fingerprint density at radius 2 is 1.61 bits per heavy atom. The van der Waals surface area contributed by atoms with Crippen LogP contribution in [0, 0.1) is 6.92 Å². The van der Waals surface area contributed by atoms with E-state index in [1.165, 1.54) is 12.1 Å². The van der Waals surface area contributed by atoms with Gasteiger partial charge in [-0.1, -0.05) is 0 Å². The van der Waals surface area contributed by atoms with E-state index < -0.39 is 12.3 Å². The average Bonchev–Trinajstić information content (AvgIpc) is 3.29. The Bertz CT molecular complexity index is 1110. The molecule has 2 aromatic carbocycles. The van der Waals surface area contributed by atoms with Crippen molar-refractivity contribution in [3.8, 4) is 5.75 Å². The molecule has 1 aromatic heterocycles. The van der Waals surface area contributed by atoms with Crippen molar-refractivity contribution in [1.29, 1.82) is 0 Å². The van der Waals surface area contributed by atoms with Gasteiger partial charge in [0, 0.05) is 36.1 Å². The molecule has 3 aromatic rings. The minimum Gasteiger partial charge on any atom is -0.406 e. The molecular formula is C23H22F3N5O2. The summed E-state index contributed by atoms with van der Waals surface area (Å²) in [6.45, 7) is 3.83. The number of aromatic nitrogens is 2. The Kier molecular flexibility index (Phi) is 6.34. The molecule has 0 atom stereocenters. The highest BCUT2D eigenvalue weighted by atomic mass is 19.4. The number of amides is 1. The van der Waals surface area contributed by atoms with Crippen LogP contribution in [0.15, 0.2) is 54.6 Å². The van der Waals surface area contributed by atoms with E-state index in [1.807, 2.05) is 13.0 Å². The molecular weight excluding hydrogens is 435 g/mol. The zero-order valence-corrected chi connectivity index (χ0v) is 17.8. The number of nitrogens with zero attached hydrogens (tertiary/aromatic N) is 3. The molecule has 0 saturated carbocycles. The molecule has 10 heteroatoms. The fourth-order valence-electron chi connectivity index (χ4n) is 3.52. The molecule has 0 aliphatic carbocycles. The van der Waals surface area contributed by atoms with Gasteiger partial charge in [-0.15, -0.1) is 13.2 Å². The Balaban J connectivity index is 1.38. The van der Waals surface area contributed by atoms with E-state index in [2.05, 4.69) is 30.2 Å². The zero-order chi connectivity index (χ0) is 23.4. The number of ether oxygens (including phenoxy) is 1. The van der Waals surface area contributed by atoms with E-state index in [1.54, 1.807) is 24.3 Å². The second-order valence-electron chi connectivity index (χ2n) is 7.58. The highest BCUT2D eigenvalue weighted by Gasteiger charge is 2.31. The summed E-state index contributed by atoms with van der Waals surface area (Å²) in [7, 11) is 0. The maximum absolute atomic E-state index is 12.4. The fraction of sp³-hybridized carbons (Fsp3) is 0.261. The van der Waals surface area contributed by atoms with Crippen LogP contribution in [-0.4, -0.2) is 35.3 Å². The normalized spacial score (nSPS) is 13.6. The van der Waals surface area contributed by atoms with Gasteiger partial charge in [-0.2, -0.15) is 0 Å². The average molecular weight is 457 g/mol. The lowest BCUT2D eigenvalue weighted by molar-refractivity contribution is -0.274. The number of halogens is 3. The van der Waals surface area contributed by atoms with Gasteiger partial charge in [-0.3, -0.25) is 4.79 Å². The Labute approximate surface area is 188 Å². The van der Waals surface area contributed by atoms with E-state index in [9.17, 15) is 18.0 Å². The van der Waals surface area contributed by atoms with E-state index in [0.717, 1.165) is 49.6 Å². The number of nitrogens with one attached hydrogen (secondary N) is 2. The van der Waals surface area contributed by atoms with Gasteiger partial charge in [0.1, 0.15) is 23.2 Å². The van der Waals surface area contributed by atoms with Crippen molar-refractivity contribution in [3.63, 3.8) is 0 Å². The van der Waals surface area contributed by atoms with Crippen LogP contribution in [0.4, 0.5) is 36.2 Å². The third kappa shape index (κ3) is 6.12. The second kappa shape index (κ2) is 9.35. The Morgan fingerprint density at radius 1 is 0.970 bits per heavy atom. The van der Waals surface area contributed by atoms with Gasteiger partial charge in [0.2, 0.25) is 0 Å². The highest BCUT2D eigenvalue weighted by Crippen LogP contribution is 2.25. The third-order valence-corrected chi connectivity index (χ3v) is 5.02. The quantitative estimate of drug-likeness (QED) is 0.524. The van der Waals surface area contributed by atoms with Crippen LogP contribution in [0.1, 0.15) is 29.0 Å². The van der Waals surface area contributed by atoms with Gasteiger partial charge in [0.25, 0.3) is 5.91 Å². The molecule has 0 unspecified atom stereocenters. The van der Waals surface area contributed by atoms with Crippen molar-refractivity contribution in [2.45, 2.75) is 26.1 Å². The number of benzene rings is 2. The molecule has 4 rings (SSSR count). The van der Waals surface area contributed by atoms with Crippen LogP contribution in [0.3, 0.4) is 0 Å². The second-order valence-corrected chi connectivity index (χ2v) is 7.58. The molecule has 2 heterocycles. The SMILES string of the molecule is Cc1nc(Nc2ccc(NC(=O)c3ccc(OC(F)(F)F)cc3)cc2)cc(N2CCCC2)n1. The first-order valence-electron chi connectivity index (χ1n) is 10.4. The number of hydrogen-bond acceptors (Lipinski definition) is 6. The van der Waals surface area contributed by atoms with Crippen LogP contribution >= 0.6 is 0 Å². The zero-order valence-electron chi connectivity index (χ0n) is 17.8. The smallest absolute Gasteiger partial charge is 0.406 e. The molecule has 1 aliphatic rings. The van der Waals surface area contributed by atoms with Gasteiger partial charge < -0.3 is 20.3 Å². The van der Waals surface area contributed by atoms with Crippen LogP contribution in [0.2, 0.25) is 0 Å². The first-order valence-corrected chi connectivity index (χ1v) is 10.4. The topological polar surface area (TPSA) is 79.4 Å². The maximum Gasteiger partial charge on any atom is 0.573 e. The van der Waals surface area contributed by atoms with E-state index in [0.29, 0.717) is 17.3 Å². The summed E-state index contributed by atoms with van der Waals surface area (Å²) in [5.74, 6) is 1.43. The molecule has 1 aliphatic heterocycles. The minimum absolute atomic E-state index is 0.206. The number of alkyl halides is 3. The number of rotatable bonds is 6. The standard InChI is InChI=1S/C23H22F3N5O2/c1-15-27-20(14-21(28-15)31-12-2-3-13-31)29-17-6-8-18(9-7-17)30-22(32)16-4-10-19(11-5-16)33-23(24,25)26/h4-11,14H,2-3,12-13H2,1H3,(H,30,32)(H,27,28,29). The summed E-state index contributed by atoms with van der Waals surface area (Å²) in [4.78, 5) is 23.6. The molecule has 172 valence electrons. The maximum atomic E-state index is 12.4. The van der Waals surface area contributed by atoms with Crippen LogP contribution < -0.4 is 20.3 Å². The van der Waals surface area contributed by atoms with E-state index in [-0.39, 0.29) is 11.3 Å². The Hall–Kier alpha value is -3.82. The summed E-state index contributed by atoms with van der Waals surface area (Å²) in [6, 6.07) is 13.7. The van der Waals surface area contributed by atoms with Crippen molar-refractivity contribution in [2.75, 3.05) is 28.6 Å².